The summed E-state index contributed by atoms with van der Waals surface area (Å²) < 4.78 is 4.82. The quantitative estimate of drug-likeness (QED) is 0.833. The summed E-state index contributed by atoms with van der Waals surface area (Å²) in [6, 6.07) is 1.81. The van der Waals surface area contributed by atoms with Crippen LogP contribution in [0.15, 0.2) is 11.4 Å². The van der Waals surface area contributed by atoms with E-state index in [4.69, 9.17) is 9.84 Å². The molecule has 2 N–H and O–H groups in total. The number of nitrogens with one attached hydrogen (secondary N) is 1. The number of aryl methyl sites for hydroxylation is 1. The molecule has 0 bridgehead atoms. The fraction of sp³-hybridized carbons (Fsp3) is 0.455. The highest BCUT2D eigenvalue weighted by Crippen LogP contribution is 2.17. The zero-order valence-electron chi connectivity index (χ0n) is 9.94. The SMILES string of the molecule is COCC(C)(NC(=O)c1sccc1C)C(=O)O. The number of rotatable bonds is 5. The number of hydrogen-bond acceptors (Lipinski definition) is 4. The van der Waals surface area contributed by atoms with Crippen molar-refractivity contribution in [2.24, 2.45) is 0 Å². The van der Waals surface area contributed by atoms with Crippen LogP contribution >= 0.6 is 11.3 Å². The highest BCUT2D eigenvalue weighted by Gasteiger charge is 2.35. The number of aliphatic carboxylic acids is 1. The van der Waals surface area contributed by atoms with Crippen molar-refractivity contribution in [3.63, 3.8) is 0 Å². The van der Waals surface area contributed by atoms with Gasteiger partial charge in [0.15, 0.2) is 5.54 Å². The van der Waals surface area contributed by atoms with Crippen molar-refractivity contribution in [3.05, 3.63) is 21.9 Å². The fourth-order valence-corrected chi connectivity index (χ4v) is 2.17. The van der Waals surface area contributed by atoms with Crippen LogP contribution in [0.1, 0.15) is 22.2 Å². The van der Waals surface area contributed by atoms with Gasteiger partial charge >= 0.3 is 5.97 Å². The van der Waals surface area contributed by atoms with Crippen LogP contribution in [0.3, 0.4) is 0 Å². The van der Waals surface area contributed by atoms with E-state index >= 15 is 0 Å². The van der Waals surface area contributed by atoms with E-state index in [-0.39, 0.29) is 12.5 Å². The van der Waals surface area contributed by atoms with Gasteiger partial charge < -0.3 is 15.2 Å². The van der Waals surface area contributed by atoms with E-state index in [1.165, 1.54) is 25.4 Å². The van der Waals surface area contributed by atoms with Crippen molar-refractivity contribution in [2.45, 2.75) is 19.4 Å². The molecule has 0 aliphatic carbocycles. The maximum absolute atomic E-state index is 11.9. The third kappa shape index (κ3) is 3.04. The van der Waals surface area contributed by atoms with E-state index in [9.17, 15) is 9.59 Å². The smallest absolute Gasteiger partial charge is 0.331 e. The molecule has 1 unspecified atom stereocenters. The molecule has 17 heavy (non-hydrogen) atoms. The minimum atomic E-state index is -1.41. The zero-order valence-corrected chi connectivity index (χ0v) is 10.8. The first-order valence-electron chi connectivity index (χ1n) is 4.99. The third-order valence-corrected chi connectivity index (χ3v) is 3.38. The Morgan fingerprint density at radius 2 is 2.24 bits per heavy atom. The third-order valence-electron chi connectivity index (χ3n) is 2.36. The minimum Gasteiger partial charge on any atom is -0.479 e. The second-order valence-corrected chi connectivity index (χ2v) is 4.87. The first-order valence-corrected chi connectivity index (χ1v) is 5.87. The van der Waals surface area contributed by atoms with Crippen molar-refractivity contribution < 1.29 is 19.4 Å². The van der Waals surface area contributed by atoms with Crippen LogP contribution in [0.4, 0.5) is 0 Å². The van der Waals surface area contributed by atoms with Crippen LogP contribution in [-0.2, 0) is 9.53 Å². The molecule has 0 aromatic carbocycles. The van der Waals surface area contributed by atoms with E-state index in [1.807, 2.05) is 6.07 Å². The summed E-state index contributed by atoms with van der Waals surface area (Å²) in [5.41, 5.74) is -0.583. The van der Waals surface area contributed by atoms with Gasteiger partial charge in [-0.25, -0.2) is 4.79 Å². The van der Waals surface area contributed by atoms with E-state index in [2.05, 4.69) is 5.32 Å². The summed E-state index contributed by atoms with van der Waals surface area (Å²) in [7, 11) is 1.39. The Morgan fingerprint density at radius 3 is 2.65 bits per heavy atom. The summed E-state index contributed by atoms with van der Waals surface area (Å²) in [6.07, 6.45) is 0. The monoisotopic (exact) mass is 257 g/mol. The number of thiophene rings is 1. The van der Waals surface area contributed by atoms with Gasteiger partial charge in [-0.05, 0) is 30.9 Å². The molecule has 0 aliphatic rings. The van der Waals surface area contributed by atoms with E-state index in [0.29, 0.717) is 4.88 Å². The lowest BCUT2D eigenvalue weighted by molar-refractivity contribution is -0.145. The van der Waals surface area contributed by atoms with Gasteiger partial charge in [-0.3, -0.25) is 4.79 Å². The molecular formula is C11H15NO4S. The molecule has 1 aromatic rings. The molecule has 6 heteroatoms. The van der Waals surface area contributed by atoms with E-state index < -0.39 is 11.5 Å². The number of carbonyl (C=O) groups excluding carboxylic acids is 1. The van der Waals surface area contributed by atoms with Gasteiger partial charge in [-0.1, -0.05) is 0 Å². The van der Waals surface area contributed by atoms with E-state index in [1.54, 1.807) is 12.3 Å². The maximum atomic E-state index is 11.9. The number of carboxylic acid groups (broad SMARTS) is 1. The number of carboxylic acids is 1. The van der Waals surface area contributed by atoms with Gasteiger partial charge in [0.05, 0.1) is 11.5 Å². The molecule has 0 aliphatic heterocycles. The molecule has 0 radical (unpaired) electrons. The predicted molar refractivity (Wildman–Crippen MR) is 64.4 cm³/mol. The van der Waals surface area contributed by atoms with Gasteiger partial charge in [-0.2, -0.15) is 0 Å². The Labute approximate surface area is 103 Å². The molecule has 0 spiro atoms. The number of amides is 1. The summed E-state index contributed by atoms with van der Waals surface area (Å²) in [6.45, 7) is 3.14. The van der Waals surface area contributed by atoms with Crippen molar-refractivity contribution in [1.29, 1.82) is 0 Å². The molecule has 1 atom stereocenters. The number of ether oxygens (including phenoxy) is 1. The van der Waals surface area contributed by atoms with Crippen LogP contribution in [-0.4, -0.2) is 36.2 Å². The lowest BCUT2D eigenvalue weighted by Crippen LogP contribution is -2.55. The molecule has 0 fully saturated rings. The fourth-order valence-electron chi connectivity index (χ4n) is 1.35. The summed E-state index contributed by atoms with van der Waals surface area (Å²) in [4.78, 5) is 23.5. The summed E-state index contributed by atoms with van der Waals surface area (Å²) in [5.74, 6) is -1.51. The molecule has 1 aromatic heterocycles. The molecule has 1 rings (SSSR count). The molecule has 0 saturated carbocycles. The normalized spacial score (nSPS) is 14.1. The van der Waals surface area contributed by atoms with E-state index in [0.717, 1.165) is 5.56 Å². The first-order chi connectivity index (χ1) is 7.90. The topological polar surface area (TPSA) is 75.6 Å². The van der Waals surface area contributed by atoms with Crippen LogP contribution in [0.5, 0.6) is 0 Å². The number of methoxy groups -OCH3 is 1. The van der Waals surface area contributed by atoms with Crippen molar-refractivity contribution in [2.75, 3.05) is 13.7 Å². The minimum absolute atomic E-state index is 0.0848. The zero-order chi connectivity index (χ0) is 13.1. The van der Waals surface area contributed by atoms with Crippen LogP contribution in [0.25, 0.3) is 0 Å². The second-order valence-electron chi connectivity index (χ2n) is 3.96. The van der Waals surface area contributed by atoms with Gasteiger partial charge in [-0.15, -0.1) is 11.3 Å². The standard InChI is InChI=1S/C11H15NO4S/c1-7-4-5-17-8(7)9(13)12-11(2,6-16-3)10(14)15/h4-5H,6H2,1-3H3,(H,12,13)(H,14,15). The molecule has 5 nitrogen and oxygen atoms in total. The number of hydrogen-bond donors (Lipinski definition) is 2. The van der Waals surface area contributed by atoms with Crippen molar-refractivity contribution >= 4 is 23.2 Å². The number of carbonyl (C=O) groups is 2. The molecular weight excluding hydrogens is 242 g/mol. The van der Waals surface area contributed by atoms with Crippen LogP contribution in [0, 0.1) is 6.92 Å². The lowest BCUT2D eigenvalue weighted by Gasteiger charge is -2.25. The molecule has 94 valence electrons. The molecule has 0 saturated heterocycles. The first kappa shape index (κ1) is 13.7. The largest absolute Gasteiger partial charge is 0.479 e. The Kier molecular flexibility index (Phi) is 4.25. The van der Waals surface area contributed by atoms with Crippen LogP contribution < -0.4 is 5.32 Å². The Hall–Kier alpha value is -1.40. The Balaban J connectivity index is 2.85. The van der Waals surface area contributed by atoms with Gasteiger partial charge in [0.25, 0.3) is 5.91 Å². The van der Waals surface area contributed by atoms with Gasteiger partial charge in [0, 0.05) is 7.11 Å². The Morgan fingerprint density at radius 1 is 1.59 bits per heavy atom. The van der Waals surface area contributed by atoms with Gasteiger partial charge in [0.2, 0.25) is 0 Å². The average Bonchev–Trinajstić information content (AvgIpc) is 2.64. The molecule has 1 amide bonds. The highest BCUT2D eigenvalue weighted by atomic mass is 32.1. The maximum Gasteiger partial charge on any atom is 0.331 e. The van der Waals surface area contributed by atoms with Crippen molar-refractivity contribution in [3.8, 4) is 0 Å². The second kappa shape index (κ2) is 5.29. The summed E-state index contributed by atoms with van der Waals surface area (Å²) >= 11 is 1.28. The van der Waals surface area contributed by atoms with Crippen molar-refractivity contribution in [1.82, 2.24) is 5.32 Å². The average molecular weight is 257 g/mol. The van der Waals surface area contributed by atoms with Crippen LogP contribution in [0.2, 0.25) is 0 Å². The molecule has 1 heterocycles. The summed E-state index contributed by atoms with van der Waals surface area (Å²) in [5, 5.41) is 13.4. The van der Waals surface area contributed by atoms with Gasteiger partial charge in [0.1, 0.15) is 0 Å². The lowest BCUT2D eigenvalue weighted by atomic mass is 10.0. The Bertz CT molecular complexity index is 429. The predicted octanol–water partition coefficient (Wildman–Crippen LogP) is 1.28. The highest BCUT2D eigenvalue weighted by molar-refractivity contribution is 7.12.